The highest BCUT2D eigenvalue weighted by molar-refractivity contribution is 5.74. The average Bonchev–Trinajstić information content (AvgIpc) is 3.15. The molecule has 3 rings (SSSR count). The fourth-order valence-corrected chi connectivity index (χ4v) is 3.54. The van der Waals surface area contributed by atoms with Crippen molar-refractivity contribution in [3.63, 3.8) is 0 Å². The van der Waals surface area contributed by atoms with Crippen molar-refractivity contribution >= 4 is 6.03 Å². The number of carbonyl (C=O) groups excluding carboxylic acids is 1. The van der Waals surface area contributed by atoms with Crippen LogP contribution < -0.4 is 19.5 Å². The van der Waals surface area contributed by atoms with E-state index in [-0.39, 0.29) is 6.03 Å². The standard InChI is InChI=1S/C19H28N2O6/c1-23-15-12-14(13-16(24-2)17(15)25-3)4-7-20-18(22)21-8-5-19(6-9-21)26-10-11-27-19/h12-13H,4-11H2,1-3H3,(H,20,22). The van der Waals surface area contributed by atoms with Gasteiger partial charge in [-0.15, -0.1) is 0 Å². The number of likely N-dealkylation sites (tertiary alicyclic amines) is 1. The summed E-state index contributed by atoms with van der Waals surface area (Å²) in [5.74, 6) is 1.31. The number of nitrogens with zero attached hydrogens (tertiary/aromatic N) is 1. The molecule has 2 amide bonds. The van der Waals surface area contributed by atoms with Crippen molar-refractivity contribution in [2.24, 2.45) is 0 Å². The molecule has 8 nitrogen and oxygen atoms in total. The number of methoxy groups -OCH3 is 3. The molecule has 2 aliphatic rings. The summed E-state index contributed by atoms with van der Waals surface area (Å²) in [7, 11) is 4.75. The predicted molar refractivity (Wildman–Crippen MR) is 98.6 cm³/mol. The molecule has 2 heterocycles. The van der Waals surface area contributed by atoms with Crippen molar-refractivity contribution in [1.82, 2.24) is 10.2 Å². The Morgan fingerprint density at radius 1 is 1.07 bits per heavy atom. The number of ether oxygens (including phenoxy) is 5. The first kappa shape index (κ1) is 19.6. The van der Waals surface area contributed by atoms with E-state index in [0.29, 0.717) is 69.4 Å². The zero-order valence-corrected chi connectivity index (χ0v) is 16.2. The molecule has 0 aliphatic carbocycles. The number of benzene rings is 1. The molecule has 27 heavy (non-hydrogen) atoms. The molecule has 1 aromatic rings. The van der Waals surface area contributed by atoms with Gasteiger partial charge in [0.25, 0.3) is 0 Å². The smallest absolute Gasteiger partial charge is 0.317 e. The Labute approximate surface area is 159 Å². The lowest BCUT2D eigenvalue weighted by Gasteiger charge is -2.37. The van der Waals surface area contributed by atoms with Crippen LogP contribution in [0.15, 0.2) is 12.1 Å². The summed E-state index contributed by atoms with van der Waals surface area (Å²) in [5, 5.41) is 2.98. The van der Waals surface area contributed by atoms with Crippen LogP contribution in [-0.4, -0.2) is 70.9 Å². The normalized spacial score (nSPS) is 18.4. The highest BCUT2D eigenvalue weighted by Crippen LogP contribution is 2.38. The van der Waals surface area contributed by atoms with Crippen molar-refractivity contribution in [3.05, 3.63) is 17.7 Å². The lowest BCUT2D eigenvalue weighted by atomic mass is 10.0. The Hall–Kier alpha value is -2.19. The van der Waals surface area contributed by atoms with E-state index < -0.39 is 5.79 Å². The number of carbonyl (C=O) groups is 1. The summed E-state index contributed by atoms with van der Waals surface area (Å²) in [6.45, 7) is 3.07. The van der Waals surface area contributed by atoms with E-state index in [1.165, 1.54) is 0 Å². The second kappa shape index (κ2) is 8.67. The van der Waals surface area contributed by atoms with Gasteiger partial charge in [0.05, 0.1) is 34.5 Å². The largest absolute Gasteiger partial charge is 0.493 e. The van der Waals surface area contributed by atoms with Gasteiger partial charge in [0.2, 0.25) is 5.75 Å². The molecule has 0 atom stereocenters. The van der Waals surface area contributed by atoms with Crippen LogP contribution in [-0.2, 0) is 15.9 Å². The predicted octanol–water partition coefficient (Wildman–Crippen LogP) is 1.80. The van der Waals surface area contributed by atoms with E-state index >= 15 is 0 Å². The molecular formula is C19H28N2O6. The summed E-state index contributed by atoms with van der Waals surface area (Å²) >= 11 is 0. The quantitative estimate of drug-likeness (QED) is 0.811. The van der Waals surface area contributed by atoms with E-state index in [4.69, 9.17) is 23.7 Å². The molecule has 0 unspecified atom stereocenters. The first-order valence-electron chi connectivity index (χ1n) is 9.20. The van der Waals surface area contributed by atoms with Crippen LogP contribution in [0.2, 0.25) is 0 Å². The number of amides is 2. The van der Waals surface area contributed by atoms with Crippen LogP contribution in [0.3, 0.4) is 0 Å². The van der Waals surface area contributed by atoms with Crippen molar-refractivity contribution in [1.29, 1.82) is 0 Å². The topological polar surface area (TPSA) is 78.5 Å². The van der Waals surface area contributed by atoms with Gasteiger partial charge in [0.1, 0.15) is 0 Å². The molecule has 8 heteroatoms. The molecule has 1 N–H and O–H groups in total. The first-order chi connectivity index (χ1) is 13.1. The maximum atomic E-state index is 12.4. The third-order valence-corrected chi connectivity index (χ3v) is 5.04. The molecule has 1 aromatic carbocycles. The van der Waals surface area contributed by atoms with E-state index in [2.05, 4.69) is 5.32 Å². The minimum atomic E-state index is -0.465. The van der Waals surface area contributed by atoms with E-state index in [1.807, 2.05) is 17.0 Å². The summed E-state index contributed by atoms with van der Waals surface area (Å²) in [6.07, 6.45) is 2.09. The Morgan fingerprint density at radius 3 is 2.19 bits per heavy atom. The molecule has 0 radical (unpaired) electrons. The van der Waals surface area contributed by atoms with Gasteiger partial charge in [-0.05, 0) is 24.1 Å². The number of urea groups is 1. The SMILES string of the molecule is COc1cc(CCNC(=O)N2CCC3(CC2)OCCO3)cc(OC)c1OC. The van der Waals surface area contributed by atoms with Crippen molar-refractivity contribution in [2.75, 3.05) is 54.2 Å². The Kier molecular flexibility index (Phi) is 6.28. The number of hydrogen-bond donors (Lipinski definition) is 1. The average molecular weight is 380 g/mol. The van der Waals surface area contributed by atoms with Gasteiger partial charge >= 0.3 is 6.03 Å². The number of hydrogen-bond acceptors (Lipinski definition) is 6. The number of nitrogens with one attached hydrogen (secondary N) is 1. The molecule has 0 saturated carbocycles. The zero-order valence-electron chi connectivity index (χ0n) is 16.2. The van der Waals surface area contributed by atoms with Crippen LogP contribution in [0.25, 0.3) is 0 Å². The number of rotatable bonds is 6. The minimum absolute atomic E-state index is 0.0599. The van der Waals surface area contributed by atoms with Gasteiger partial charge in [0, 0.05) is 32.5 Å². The number of piperidine rings is 1. The van der Waals surface area contributed by atoms with Crippen LogP contribution in [0.5, 0.6) is 17.2 Å². The van der Waals surface area contributed by atoms with Gasteiger partial charge in [-0.2, -0.15) is 0 Å². The second-order valence-electron chi connectivity index (χ2n) is 6.61. The monoisotopic (exact) mass is 380 g/mol. The van der Waals surface area contributed by atoms with Crippen LogP contribution in [0.4, 0.5) is 4.79 Å². The highest BCUT2D eigenvalue weighted by atomic mass is 16.7. The first-order valence-corrected chi connectivity index (χ1v) is 9.20. The van der Waals surface area contributed by atoms with Gasteiger partial charge in [-0.3, -0.25) is 0 Å². The summed E-state index contributed by atoms with van der Waals surface area (Å²) < 4.78 is 27.4. The molecule has 1 spiro atoms. The summed E-state index contributed by atoms with van der Waals surface area (Å²) in [4.78, 5) is 14.2. The van der Waals surface area contributed by atoms with Crippen molar-refractivity contribution < 1.29 is 28.5 Å². The fraction of sp³-hybridized carbons (Fsp3) is 0.632. The van der Waals surface area contributed by atoms with Crippen LogP contribution in [0, 0.1) is 0 Å². The van der Waals surface area contributed by atoms with Gasteiger partial charge < -0.3 is 33.9 Å². The molecule has 2 fully saturated rings. The molecule has 2 saturated heterocycles. The fourth-order valence-electron chi connectivity index (χ4n) is 3.54. The van der Waals surface area contributed by atoms with E-state index in [1.54, 1.807) is 21.3 Å². The van der Waals surface area contributed by atoms with E-state index in [0.717, 1.165) is 5.56 Å². The van der Waals surface area contributed by atoms with Gasteiger partial charge in [-0.25, -0.2) is 4.79 Å². The molecule has 2 aliphatic heterocycles. The maximum absolute atomic E-state index is 12.4. The Balaban J connectivity index is 1.50. The zero-order chi connectivity index (χ0) is 19.3. The third-order valence-electron chi connectivity index (χ3n) is 5.04. The van der Waals surface area contributed by atoms with Crippen molar-refractivity contribution in [2.45, 2.75) is 25.0 Å². The lowest BCUT2D eigenvalue weighted by Crippen LogP contribution is -2.50. The summed E-state index contributed by atoms with van der Waals surface area (Å²) in [6, 6.07) is 3.73. The molecule has 150 valence electrons. The molecule has 0 aromatic heterocycles. The molecule has 0 bridgehead atoms. The van der Waals surface area contributed by atoms with Crippen molar-refractivity contribution in [3.8, 4) is 17.2 Å². The lowest BCUT2D eigenvalue weighted by molar-refractivity contribution is -0.181. The second-order valence-corrected chi connectivity index (χ2v) is 6.61. The Bertz CT molecular complexity index is 625. The minimum Gasteiger partial charge on any atom is -0.493 e. The molecular weight excluding hydrogens is 352 g/mol. The van der Waals surface area contributed by atoms with Crippen LogP contribution >= 0.6 is 0 Å². The third kappa shape index (κ3) is 4.39. The van der Waals surface area contributed by atoms with Crippen LogP contribution in [0.1, 0.15) is 18.4 Å². The summed E-state index contributed by atoms with van der Waals surface area (Å²) in [5.41, 5.74) is 0.996. The van der Waals surface area contributed by atoms with E-state index in [9.17, 15) is 4.79 Å². The maximum Gasteiger partial charge on any atom is 0.317 e. The van der Waals surface area contributed by atoms with Gasteiger partial charge in [0.15, 0.2) is 17.3 Å². The highest BCUT2D eigenvalue weighted by Gasteiger charge is 2.40. The van der Waals surface area contributed by atoms with Gasteiger partial charge in [-0.1, -0.05) is 0 Å². The Morgan fingerprint density at radius 2 is 1.67 bits per heavy atom.